The molecule has 7 nitrogen and oxygen atoms in total. The summed E-state index contributed by atoms with van der Waals surface area (Å²) in [4.78, 5) is 39.3. The maximum atomic E-state index is 14.2. The van der Waals surface area contributed by atoms with Gasteiger partial charge in [-0.2, -0.15) is 5.10 Å². The fraction of sp³-hybridized carbons (Fsp3) is 0.455. The van der Waals surface area contributed by atoms with E-state index in [1.165, 1.54) is 22.9 Å². The summed E-state index contributed by atoms with van der Waals surface area (Å²) in [6.07, 6.45) is 1.20. The molecule has 1 fully saturated rings. The van der Waals surface area contributed by atoms with Gasteiger partial charge in [0.25, 0.3) is 5.91 Å². The molecule has 0 bridgehead atoms. The normalized spacial score (nSPS) is 15.2. The third-order valence-electron chi connectivity index (χ3n) is 5.16. The first kappa shape index (κ1) is 21.7. The van der Waals surface area contributed by atoms with Crippen LogP contribution in [0, 0.1) is 18.2 Å². The Kier molecular flexibility index (Phi) is 6.05. The predicted molar refractivity (Wildman–Crippen MR) is 111 cm³/mol. The molecule has 2 heterocycles. The lowest BCUT2D eigenvalue weighted by Crippen LogP contribution is -2.49. The quantitative estimate of drug-likeness (QED) is 0.836. The van der Waals surface area contributed by atoms with E-state index in [0.717, 1.165) is 0 Å². The molecule has 1 N–H and O–H groups in total. The number of nitrogens with one attached hydrogen (secondary N) is 1. The number of benzene rings is 1. The van der Waals surface area contributed by atoms with Gasteiger partial charge in [0.1, 0.15) is 11.5 Å². The van der Waals surface area contributed by atoms with E-state index in [2.05, 4.69) is 10.4 Å². The third kappa shape index (κ3) is 4.58. The minimum absolute atomic E-state index is 0.0836. The minimum atomic E-state index is -0.592. The van der Waals surface area contributed by atoms with Crippen LogP contribution in [-0.2, 0) is 4.79 Å². The number of piperidine rings is 1. The van der Waals surface area contributed by atoms with Gasteiger partial charge in [0.05, 0.1) is 0 Å². The van der Waals surface area contributed by atoms with Gasteiger partial charge >= 0.3 is 0 Å². The summed E-state index contributed by atoms with van der Waals surface area (Å²) in [6, 6.07) is 7.15. The van der Waals surface area contributed by atoms with Crippen LogP contribution in [0.15, 0.2) is 35.1 Å². The first-order valence-electron chi connectivity index (χ1n) is 10.0. The first-order chi connectivity index (χ1) is 14.1. The number of carbonyl (C=O) groups excluding carboxylic acids is 2. The van der Waals surface area contributed by atoms with E-state index in [-0.39, 0.29) is 23.3 Å². The molecule has 2 amide bonds. The number of rotatable bonds is 3. The Morgan fingerprint density at radius 3 is 2.40 bits per heavy atom. The topological polar surface area (TPSA) is 84.3 Å². The highest BCUT2D eigenvalue weighted by Gasteiger charge is 2.31. The average molecular weight is 414 g/mol. The van der Waals surface area contributed by atoms with Gasteiger partial charge in [-0.15, -0.1) is 0 Å². The van der Waals surface area contributed by atoms with Crippen molar-refractivity contribution in [1.82, 2.24) is 20.0 Å². The molecule has 0 radical (unpaired) electrons. The zero-order valence-electron chi connectivity index (χ0n) is 17.7. The van der Waals surface area contributed by atoms with Crippen molar-refractivity contribution in [1.29, 1.82) is 0 Å². The summed E-state index contributed by atoms with van der Waals surface area (Å²) in [6.45, 7) is 8.36. The lowest BCUT2D eigenvalue weighted by molar-refractivity contribution is -0.140. The largest absolute Gasteiger partial charge is 0.348 e. The van der Waals surface area contributed by atoms with Crippen LogP contribution in [0.25, 0.3) is 5.69 Å². The Morgan fingerprint density at radius 2 is 1.80 bits per heavy atom. The highest BCUT2D eigenvalue weighted by Crippen LogP contribution is 2.21. The van der Waals surface area contributed by atoms with Crippen molar-refractivity contribution in [2.24, 2.45) is 5.41 Å². The second-order valence-corrected chi connectivity index (χ2v) is 8.65. The van der Waals surface area contributed by atoms with Gasteiger partial charge in [0.2, 0.25) is 11.3 Å². The molecule has 8 heteroatoms. The maximum absolute atomic E-state index is 14.2. The van der Waals surface area contributed by atoms with Crippen molar-refractivity contribution in [2.45, 2.75) is 46.6 Å². The number of hydrogen-bond acceptors (Lipinski definition) is 4. The van der Waals surface area contributed by atoms with Crippen molar-refractivity contribution in [3.8, 4) is 5.69 Å². The number of halogens is 1. The molecule has 160 valence electrons. The standard InChI is InChI=1S/C22H27FN4O3/c1-14-13-18(28)19(25-27(14)17-8-6-5-7-16(17)23)20(29)24-15-9-11-26(12-10-15)21(30)22(2,3)4/h5-8,13,15H,9-12H2,1-4H3,(H,24,29). The lowest BCUT2D eigenvalue weighted by Gasteiger charge is -2.35. The summed E-state index contributed by atoms with van der Waals surface area (Å²) in [5.41, 5.74) is -0.650. The van der Waals surface area contributed by atoms with Crippen LogP contribution in [0.3, 0.4) is 0 Å². The van der Waals surface area contributed by atoms with Gasteiger partial charge in [-0.25, -0.2) is 9.07 Å². The number of carbonyl (C=O) groups is 2. The van der Waals surface area contributed by atoms with E-state index in [4.69, 9.17) is 0 Å². The Labute approximate surface area is 174 Å². The minimum Gasteiger partial charge on any atom is -0.348 e. The first-order valence-corrected chi connectivity index (χ1v) is 10.0. The molecular formula is C22H27FN4O3. The van der Waals surface area contributed by atoms with E-state index in [1.807, 2.05) is 20.8 Å². The zero-order valence-corrected chi connectivity index (χ0v) is 17.7. The van der Waals surface area contributed by atoms with Gasteiger partial charge in [0, 0.05) is 36.3 Å². The van der Waals surface area contributed by atoms with Crippen LogP contribution in [0.2, 0.25) is 0 Å². The van der Waals surface area contributed by atoms with E-state index in [0.29, 0.717) is 31.6 Å². The molecule has 3 rings (SSSR count). The monoisotopic (exact) mass is 414 g/mol. The second-order valence-electron chi connectivity index (χ2n) is 8.65. The fourth-order valence-electron chi connectivity index (χ4n) is 3.53. The van der Waals surface area contributed by atoms with Crippen molar-refractivity contribution in [2.75, 3.05) is 13.1 Å². The lowest BCUT2D eigenvalue weighted by atomic mass is 9.93. The molecule has 0 unspecified atom stereocenters. The van der Waals surface area contributed by atoms with Crippen molar-refractivity contribution >= 4 is 11.8 Å². The van der Waals surface area contributed by atoms with Gasteiger partial charge in [-0.3, -0.25) is 14.4 Å². The average Bonchev–Trinajstić information content (AvgIpc) is 2.68. The second kappa shape index (κ2) is 8.38. The van der Waals surface area contributed by atoms with Crippen LogP contribution in [0.4, 0.5) is 4.39 Å². The molecule has 0 spiro atoms. The Morgan fingerprint density at radius 1 is 1.17 bits per heavy atom. The van der Waals surface area contributed by atoms with E-state index < -0.39 is 22.6 Å². The number of para-hydroxylation sites is 1. The van der Waals surface area contributed by atoms with Crippen LogP contribution in [0.1, 0.15) is 49.8 Å². The number of hydrogen-bond donors (Lipinski definition) is 1. The Hall–Kier alpha value is -3.03. The fourth-order valence-corrected chi connectivity index (χ4v) is 3.53. The summed E-state index contributed by atoms with van der Waals surface area (Å²) < 4.78 is 15.4. The van der Waals surface area contributed by atoms with Crippen molar-refractivity contribution < 1.29 is 14.0 Å². The molecule has 1 aromatic carbocycles. The number of likely N-dealkylation sites (tertiary alicyclic amines) is 1. The SMILES string of the molecule is Cc1cc(=O)c(C(=O)NC2CCN(C(=O)C(C)(C)C)CC2)nn1-c1ccccc1F. The molecule has 1 aromatic heterocycles. The Balaban J connectivity index is 1.74. The summed E-state index contributed by atoms with van der Waals surface area (Å²) in [7, 11) is 0. The molecule has 0 aliphatic carbocycles. The van der Waals surface area contributed by atoms with Crippen molar-refractivity contribution in [3.63, 3.8) is 0 Å². The highest BCUT2D eigenvalue weighted by molar-refractivity contribution is 5.92. The van der Waals surface area contributed by atoms with E-state index in [1.54, 1.807) is 24.0 Å². The smallest absolute Gasteiger partial charge is 0.276 e. The molecule has 1 aliphatic rings. The van der Waals surface area contributed by atoms with Gasteiger partial charge < -0.3 is 10.2 Å². The maximum Gasteiger partial charge on any atom is 0.276 e. The van der Waals surface area contributed by atoms with Crippen LogP contribution < -0.4 is 10.7 Å². The summed E-state index contributed by atoms with van der Waals surface area (Å²) in [5, 5.41) is 6.97. The highest BCUT2D eigenvalue weighted by atomic mass is 19.1. The molecule has 1 aliphatic heterocycles. The van der Waals surface area contributed by atoms with E-state index >= 15 is 0 Å². The predicted octanol–water partition coefficient (Wildman–Crippen LogP) is 2.45. The van der Waals surface area contributed by atoms with Crippen molar-refractivity contribution in [3.05, 3.63) is 57.8 Å². The van der Waals surface area contributed by atoms with Gasteiger partial charge in [-0.1, -0.05) is 32.9 Å². The zero-order chi connectivity index (χ0) is 22.1. The number of amides is 2. The molecule has 0 atom stereocenters. The summed E-state index contributed by atoms with van der Waals surface area (Å²) >= 11 is 0. The number of aryl methyl sites for hydroxylation is 1. The van der Waals surface area contributed by atoms with Crippen LogP contribution in [0.5, 0.6) is 0 Å². The summed E-state index contributed by atoms with van der Waals surface area (Å²) in [5.74, 6) is -1.01. The third-order valence-corrected chi connectivity index (χ3v) is 5.16. The molecular weight excluding hydrogens is 387 g/mol. The van der Waals surface area contributed by atoms with E-state index in [9.17, 15) is 18.8 Å². The number of aromatic nitrogens is 2. The Bertz CT molecular complexity index is 1020. The van der Waals surface area contributed by atoms with Crippen LogP contribution >= 0.6 is 0 Å². The van der Waals surface area contributed by atoms with Crippen LogP contribution in [-0.4, -0.2) is 45.6 Å². The molecule has 1 saturated heterocycles. The number of nitrogens with zero attached hydrogens (tertiary/aromatic N) is 3. The molecule has 2 aromatic rings. The van der Waals surface area contributed by atoms with Gasteiger partial charge in [0.15, 0.2) is 5.69 Å². The molecule has 30 heavy (non-hydrogen) atoms. The molecule has 0 saturated carbocycles. The van der Waals surface area contributed by atoms with Gasteiger partial charge in [-0.05, 0) is 31.9 Å².